The monoisotopic (exact) mass is 506 g/mol. The molecule has 4 atom stereocenters. The fraction of sp³-hybridized carbons (Fsp3) is 1.00. The minimum atomic E-state index is -5.49. The Morgan fingerprint density at radius 2 is 1.32 bits per heavy atom. The third-order valence-corrected chi connectivity index (χ3v) is 10.3. The second kappa shape index (κ2) is 10.7. The van der Waals surface area contributed by atoms with Gasteiger partial charge in [-0.3, -0.25) is 4.52 Å². The number of phosphoric acid groups is 3. The molecule has 0 bridgehead atoms. The van der Waals surface area contributed by atoms with Crippen molar-refractivity contribution in [3.63, 3.8) is 0 Å². The molecule has 3 aliphatic rings. The van der Waals surface area contributed by atoms with Crippen molar-refractivity contribution in [2.75, 3.05) is 6.61 Å². The zero-order valence-corrected chi connectivity index (χ0v) is 20.0. The van der Waals surface area contributed by atoms with Crippen LogP contribution in [0.25, 0.3) is 0 Å². The summed E-state index contributed by atoms with van der Waals surface area (Å²) in [7, 11) is -16.0. The molecule has 0 radical (unpaired) electrons. The van der Waals surface area contributed by atoms with Gasteiger partial charge in [-0.25, -0.2) is 13.7 Å². The third-order valence-electron chi connectivity index (χ3n) is 6.53. The van der Waals surface area contributed by atoms with Crippen LogP contribution >= 0.6 is 23.5 Å². The lowest BCUT2D eigenvalue weighted by Crippen LogP contribution is -2.38. The van der Waals surface area contributed by atoms with E-state index in [1.807, 2.05) is 0 Å². The van der Waals surface area contributed by atoms with Gasteiger partial charge in [-0.15, -0.1) is 0 Å². The molecule has 3 fully saturated rings. The molecule has 1 heterocycles. The Labute approximate surface area is 182 Å². The van der Waals surface area contributed by atoms with Gasteiger partial charge in [-0.2, -0.15) is 8.62 Å². The van der Waals surface area contributed by atoms with Gasteiger partial charge in [0.1, 0.15) is 0 Å². The van der Waals surface area contributed by atoms with E-state index in [2.05, 4.69) is 13.1 Å². The molecule has 3 unspecified atom stereocenters. The van der Waals surface area contributed by atoms with E-state index < -0.39 is 29.6 Å². The van der Waals surface area contributed by atoms with Crippen molar-refractivity contribution >= 4 is 23.5 Å². The smallest absolute Gasteiger partial charge is 0.372 e. The van der Waals surface area contributed by atoms with Gasteiger partial charge in [0.2, 0.25) is 0 Å². The van der Waals surface area contributed by atoms with Crippen molar-refractivity contribution in [1.29, 1.82) is 0 Å². The van der Waals surface area contributed by atoms with Crippen LogP contribution in [0.2, 0.25) is 0 Å². The first-order valence-corrected chi connectivity index (χ1v) is 15.4. The normalized spacial score (nSPS) is 34.8. The Bertz CT molecular complexity index is 727. The topological polar surface area (TPSA) is 169 Å². The van der Waals surface area contributed by atoms with Crippen molar-refractivity contribution in [1.82, 2.24) is 0 Å². The summed E-state index contributed by atoms with van der Waals surface area (Å²) in [4.78, 5) is 35.8. The first-order chi connectivity index (χ1) is 14.4. The molecule has 0 aromatic heterocycles. The van der Waals surface area contributed by atoms with Gasteiger partial charge in [0, 0.05) is 0 Å². The summed E-state index contributed by atoms with van der Waals surface area (Å²) < 4.78 is 51.9. The molecule has 2 saturated carbocycles. The maximum absolute atomic E-state index is 11.8. The molecule has 0 amide bonds. The number of hydrogen-bond donors (Lipinski definition) is 4. The van der Waals surface area contributed by atoms with Crippen molar-refractivity contribution in [3.05, 3.63) is 0 Å². The van der Waals surface area contributed by atoms with E-state index in [1.165, 1.54) is 44.9 Å². The van der Waals surface area contributed by atoms with Crippen LogP contribution in [0.15, 0.2) is 0 Å². The van der Waals surface area contributed by atoms with Gasteiger partial charge in [0.25, 0.3) is 0 Å². The molecule has 2 aliphatic carbocycles. The molecule has 1 aliphatic heterocycles. The highest BCUT2D eigenvalue weighted by Crippen LogP contribution is 2.66. The molecule has 0 aromatic carbocycles. The zero-order chi connectivity index (χ0) is 22.7. The standard InChI is InChI=1S/C17H33O11P3/c18-29(19,20)27-31(23,24)28-30(21,22)25-12-16-8-9-17(26-16)15-10-14(11-15)13-6-4-2-1-3-5-7-13/h13-17H,1-12H2,(H,21,22)(H,23,24)(H2,18,19,20)/t14?,15?,16-,17?/m0/s1. The molecule has 0 spiro atoms. The Kier molecular flexibility index (Phi) is 9.01. The van der Waals surface area contributed by atoms with Crippen molar-refractivity contribution < 1.29 is 51.2 Å². The number of hydrogen-bond acceptors (Lipinski definition) is 7. The van der Waals surface area contributed by atoms with Crippen molar-refractivity contribution in [2.24, 2.45) is 17.8 Å². The largest absolute Gasteiger partial charge is 0.490 e. The maximum atomic E-state index is 11.8. The van der Waals surface area contributed by atoms with Crippen LogP contribution < -0.4 is 0 Å². The predicted octanol–water partition coefficient (Wildman–Crippen LogP) is 4.26. The van der Waals surface area contributed by atoms with Crippen LogP contribution in [0, 0.1) is 17.8 Å². The summed E-state index contributed by atoms with van der Waals surface area (Å²) in [5.41, 5.74) is 0. The van der Waals surface area contributed by atoms with Crippen LogP contribution in [-0.4, -0.2) is 38.4 Å². The minimum Gasteiger partial charge on any atom is -0.372 e. The number of rotatable bonds is 9. The molecule has 3 rings (SSSR count). The lowest BCUT2D eigenvalue weighted by molar-refractivity contribution is -0.0556. The molecule has 4 N–H and O–H groups in total. The van der Waals surface area contributed by atoms with E-state index in [9.17, 15) is 23.5 Å². The summed E-state index contributed by atoms with van der Waals surface area (Å²) >= 11 is 0. The van der Waals surface area contributed by atoms with E-state index >= 15 is 0 Å². The minimum absolute atomic E-state index is 0.0688. The molecule has 1 saturated heterocycles. The highest BCUT2D eigenvalue weighted by molar-refractivity contribution is 7.66. The lowest BCUT2D eigenvalue weighted by atomic mass is 9.64. The average Bonchev–Trinajstić information content (AvgIpc) is 2.98. The Balaban J connectivity index is 1.38. The first kappa shape index (κ1) is 26.0. The molecule has 0 aromatic rings. The number of ether oxygens (including phenoxy) is 1. The summed E-state index contributed by atoms with van der Waals surface area (Å²) in [6.45, 7) is -0.348. The van der Waals surface area contributed by atoms with Gasteiger partial charge in [-0.05, 0) is 43.4 Å². The van der Waals surface area contributed by atoms with Crippen molar-refractivity contribution in [2.45, 2.75) is 82.8 Å². The lowest BCUT2D eigenvalue weighted by Gasteiger charge is -2.43. The molecule has 182 valence electrons. The second-order valence-corrected chi connectivity index (χ2v) is 13.3. The predicted molar refractivity (Wildman–Crippen MR) is 110 cm³/mol. The molecular formula is C17H33O11P3. The fourth-order valence-corrected chi connectivity index (χ4v) is 8.09. The maximum Gasteiger partial charge on any atom is 0.490 e. The Morgan fingerprint density at radius 1 is 0.710 bits per heavy atom. The van der Waals surface area contributed by atoms with Gasteiger partial charge in [-0.1, -0.05) is 44.9 Å². The summed E-state index contributed by atoms with van der Waals surface area (Å²) in [5.74, 6) is 2.06. The molecule has 31 heavy (non-hydrogen) atoms. The highest BCUT2D eigenvalue weighted by Gasteiger charge is 2.44. The van der Waals surface area contributed by atoms with Gasteiger partial charge in [0.15, 0.2) is 0 Å². The molecule has 14 heteroatoms. The summed E-state index contributed by atoms with van der Waals surface area (Å²) in [6.07, 6.45) is 12.7. The van der Waals surface area contributed by atoms with Gasteiger partial charge < -0.3 is 24.3 Å². The van der Waals surface area contributed by atoms with E-state index in [1.54, 1.807) is 0 Å². The second-order valence-electron chi connectivity index (χ2n) is 8.86. The average molecular weight is 506 g/mol. The SMILES string of the molecule is O=P(O)(O)OP(=O)(O)OP(=O)(O)OC[C@@H]1CCC(C2CC(C3CCCCCCC3)C2)O1. The molecular weight excluding hydrogens is 473 g/mol. The van der Waals surface area contributed by atoms with E-state index in [0.717, 1.165) is 31.1 Å². The van der Waals surface area contributed by atoms with Crippen molar-refractivity contribution in [3.8, 4) is 0 Å². The third kappa shape index (κ3) is 8.58. The fourth-order valence-electron chi connectivity index (χ4n) is 5.04. The van der Waals surface area contributed by atoms with E-state index in [0.29, 0.717) is 12.3 Å². The van der Waals surface area contributed by atoms with Gasteiger partial charge in [0.05, 0.1) is 18.8 Å². The number of phosphoric ester groups is 1. The van der Waals surface area contributed by atoms with Crippen LogP contribution in [-0.2, 0) is 31.6 Å². The zero-order valence-electron chi connectivity index (χ0n) is 17.4. The van der Waals surface area contributed by atoms with Gasteiger partial charge >= 0.3 is 23.5 Å². The van der Waals surface area contributed by atoms with E-state index in [4.69, 9.17) is 14.5 Å². The highest BCUT2D eigenvalue weighted by atomic mass is 31.3. The van der Waals surface area contributed by atoms with E-state index in [-0.39, 0.29) is 12.7 Å². The summed E-state index contributed by atoms with van der Waals surface area (Å²) in [5, 5.41) is 0. The first-order valence-electron chi connectivity index (χ1n) is 10.9. The molecule has 11 nitrogen and oxygen atoms in total. The quantitative estimate of drug-likeness (QED) is 0.330. The summed E-state index contributed by atoms with van der Waals surface area (Å²) in [6, 6.07) is 0. The Hall–Kier alpha value is 0.370. The van der Waals surface area contributed by atoms with Crippen LogP contribution in [0.1, 0.15) is 70.6 Å². The van der Waals surface area contributed by atoms with Crippen LogP contribution in [0.5, 0.6) is 0 Å². The van der Waals surface area contributed by atoms with Crippen LogP contribution in [0.4, 0.5) is 0 Å². The van der Waals surface area contributed by atoms with Crippen LogP contribution in [0.3, 0.4) is 0 Å². The Morgan fingerprint density at radius 3 is 1.94 bits per heavy atom.